The largest absolute Gasteiger partial charge is 0.469 e. The Balaban J connectivity index is 1.83. The zero-order chi connectivity index (χ0) is 14.9. The molecule has 2 atom stereocenters. The third-order valence-electron chi connectivity index (χ3n) is 3.29. The van der Waals surface area contributed by atoms with E-state index in [9.17, 15) is 9.59 Å². The standard InChI is InChI=1S/C15H22N2O3/c1-15(2,3)16-13(18)9-17(4)14(19)11-8-10(11)12-6-5-7-20-12/h5-7,10-11H,8-9H2,1-4H3,(H,16,18). The first kappa shape index (κ1) is 14.6. The highest BCUT2D eigenvalue weighted by molar-refractivity contribution is 5.88. The number of rotatable bonds is 4. The first-order valence-corrected chi connectivity index (χ1v) is 6.87. The van der Waals surface area contributed by atoms with E-state index in [1.807, 2.05) is 32.9 Å². The van der Waals surface area contributed by atoms with Crippen LogP contribution in [0.3, 0.4) is 0 Å². The van der Waals surface area contributed by atoms with Crippen molar-refractivity contribution >= 4 is 11.8 Å². The second kappa shape index (κ2) is 5.31. The molecule has 0 saturated heterocycles. The highest BCUT2D eigenvalue weighted by atomic mass is 16.3. The second-order valence-electron chi connectivity index (χ2n) is 6.46. The smallest absolute Gasteiger partial charge is 0.240 e. The number of carbonyl (C=O) groups excluding carboxylic acids is 2. The number of nitrogens with one attached hydrogen (secondary N) is 1. The van der Waals surface area contributed by atoms with E-state index in [2.05, 4.69) is 5.32 Å². The van der Waals surface area contributed by atoms with Gasteiger partial charge >= 0.3 is 0 Å². The molecule has 1 N–H and O–H groups in total. The lowest BCUT2D eigenvalue weighted by Crippen LogP contribution is -2.46. The predicted molar refractivity (Wildman–Crippen MR) is 75.1 cm³/mol. The van der Waals surface area contributed by atoms with Gasteiger partial charge < -0.3 is 14.6 Å². The molecule has 5 heteroatoms. The summed E-state index contributed by atoms with van der Waals surface area (Å²) in [4.78, 5) is 25.5. The van der Waals surface area contributed by atoms with Crippen LogP contribution in [0.15, 0.2) is 22.8 Å². The van der Waals surface area contributed by atoms with E-state index in [0.717, 1.165) is 12.2 Å². The van der Waals surface area contributed by atoms with Gasteiger partial charge in [-0.3, -0.25) is 9.59 Å². The van der Waals surface area contributed by atoms with Crippen molar-refractivity contribution in [2.75, 3.05) is 13.6 Å². The summed E-state index contributed by atoms with van der Waals surface area (Å²) in [5.41, 5.74) is -0.281. The summed E-state index contributed by atoms with van der Waals surface area (Å²) in [5, 5.41) is 2.85. The summed E-state index contributed by atoms with van der Waals surface area (Å²) >= 11 is 0. The zero-order valence-corrected chi connectivity index (χ0v) is 12.5. The van der Waals surface area contributed by atoms with Crippen molar-refractivity contribution < 1.29 is 14.0 Å². The van der Waals surface area contributed by atoms with Gasteiger partial charge in [-0.1, -0.05) is 0 Å². The fourth-order valence-electron chi connectivity index (χ4n) is 2.32. The van der Waals surface area contributed by atoms with E-state index in [-0.39, 0.29) is 35.7 Å². The monoisotopic (exact) mass is 278 g/mol. The average Bonchev–Trinajstić information content (AvgIpc) is 2.91. The molecule has 20 heavy (non-hydrogen) atoms. The summed E-state index contributed by atoms with van der Waals surface area (Å²) in [6.45, 7) is 5.85. The van der Waals surface area contributed by atoms with Gasteiger partial charge in [-0.05, 0) is 39.3 Å². The highest BCUT2D eigenvalue weighted by Crippen LogP contribution is 2.48. The summed E-state index contributed by atoms with van der Waals surface area (Å²) in [6, 6.07) is 3.72. The lowest BCUT2D eigenvalue weighted by Gasteiger charge is -2.23. The topological polar surface area (TPSA) is 62.6 Å². The molecule has 1 aromatic heterocycles. The predicted octanol–water partition coefficient (Wildman–Crippen LogP) is 1.76. The number of hydrogen-bond donors (Lipinski definition) is 1. The fourth-order valence-corrected chi connectivity index (χ4v) is 2.32. The van der Waals surface area contributed by atoms with Crippen molar-refractivity contribution in [2.24, 2.45) is 5.92 Å². The molecule has 5 nitrogen and oxygen atoms in total. The van der Waals surface area contributed by atoms with Crippen LogP contribution >= 0.6 is 0 Å². The molecule has 1 heterocycles. The van der Waals surface area contributed by atoms with Gasteiger partial charge in [0.2, 0.25) is 11.8 Å². The van der Waals surface area contributed by atoms with Gasteiger partial charge in [0.15, 0.2) is 0 Å². The molecule has 1 fully saturated rings. The third-order valence-corrected chi connectivity index (χ3v) is 3.29. The molecular weight excluding hydrogens is 256 g/mol. The molecule has 0 radical (unpaired) electrons. The molecular formula is C15H22N2O3. The van der Waals surface area contributed by atoms with Crippen molar-refractivity contribution in [2.45, 2.75) is 38.6 Å². The normalized spacial score (nSPS) is 21.4. The van der Waals surface area contributed by atoms with Crippen LogP contribution in [0.5, 0.6) is 0 Å². The third kappa shape index (κ3) is 3.62. The van der Waals surface area contributed by atoms with E-state index in [1.54, 1.807) is 13.3 Å². The minimum Gasteiger partial charge on any atom is -0.469 e. The Labute approximate surface area is 119 Å². The Morgan fingerprint density at radius 3 is 2.70 bits per heavy atom. The maximum Gasteiger partial charge on any atom is 0.240 e. The molecule has 0 bridgehead atoms. The van der Waals surface area contributed by atoms with Crippen LogP contribution in [0.2, 0.25) is 0 Å². The summed E-state index contributed by atoms with van der Waals surface area (Å²) < 4.78 is 5.31. The van der Waals surface area contributed by atoms with E-state index in [1.165, 1.54) is 4.90 Å². The zero-order valence-electron chi connectivity index (χ0n) is 12.5. The summed E-state index contributed by atoms with van der Waals surface area (Å²) in [5.74, 6) is 0.856. The second-order valence-corrected chi connectivity index (χ2v) is 6.46. The van der Waals surface area contributed by atoms with Gasteiger partial charge in [-0.25, -0.2) is 0 Å². The van der Waals surface area contributed by atoms with Crippen LogP contribution in [0.4, 0.5) is 0 Å². The molecule has 0 aliphatic heterocycles. The Hall–Kier alpha value is -1.78. The molecule has 1 aliphatic carbocycles. The van der Waals surface area contributed by atoms with Crippen molar-refractivity contribution in [3.63, 3.8) is 0 Å². The number of amides is 2. The van der Waals surface area contributed by atoms with E-state index in [0.29, 0.717) is 0 Å². The fraction of sp³-hybridized carbons (Fsp3) is 0.600. The van der Waals surface area contributed by atoms with Crippen LogP contribution in [-0.4, -0.2) is 35.8 Å². The van der Waals surface area contributed by atoms with E-state index >= 15 is 0 Å². The van der Waals surface area contributed by atoms with E-state index in [4.69, 9.17) is 4.42 Å². The van der Waals surface area contributed by atoms with Crippen molar-refractivity contribution in [3.05, 3.63) is 24.2 Å². The van der Waals surface area contributed by atoms with Gasteiger partial charge in [0.05, 0.1) is 12.8 Å². The Morgan fingerprint density at radius 1 is 1.45 bits per heavy atom. The SMILES string of the molecule is CN(CC(=O)NC(C)(C)C)C(=O)C1CC1c1ccco1. The lowest BCUT2D eigenvalue weighted by molar-refractivity contribution is -0.136. The molecule has 2 rings (SSSR count). The molecule has 2 amide bonds. The van der Waals surface area contributed by atoms with Crippen LogP contribution in [0.25, 0.3) is 0 Å². The Morgan fingerprint density at radius 2 is 2.15 bits per heavy atom. The Bertz CT molecular complexity index is 488. The first-order valence-electron chi connectivity index (χ1n) is 6.87. The quantitative estimate of drug-likeness (QED) is 0.912. The van der Waals surface area contributed by atoms with Gasteiger partial charge in [0, 0.05) is 24.4 Å². The highest BCUT2D eigenvalue weighted by Gasteiger charge is 2.47. The molecule has 0 spiro atoms. The van der Waals surface area contributed by atoms with Crippen LogP contribution < -0.4 is 5.32 Å². The van der Waals surface area contributed by atoms with Gasteiger partial charge in [0.25, 0.3) is 0 Å². The van der Waals surface area contributed by atoms with Crippen LogP contribution in [0, 0.1) is 5.92 Å². The summed E-state index contributed by atoms with van der Waals surface area (Å²) in [7, 11) is 1.67. The number of furan rings is 1. The molecule has 110 valence electrons. The first-order chi connectivity index (χ1) is 9.28. The number of likely N-dealkylation sites (N-methyl/N-ethyl adjacent to an activating group) is 1. The van der Waals surface area contributed by atoms with Gasteiger partial charge in [-0.15, -0.1) is 0 Å². The van der Waals surface area contributed by atoms with E-state index < -0.39 is 0 Å². The maximum absolute atomic E-state index is 12.2. The minimum atomic E-state index is -0.281. The molecule has 2 unspecified atom stereocenters. The van der Waals surface area contributed by atoms with Crippen molar-refractivity contribution in [1.29, 1.82) is 0 Å². The molecule has 1 aliphatic rings. The number of carbonyl (C=O) groups is 2. The maximum atomic E-state index is 12.2. The average molecular weight is 278 g/mol. The lowest BCUT2D eigenvalue weighted by atomic mass is 10.1. The number of hydrogen-bond acceptors (Lipinski definition) is 3. The number of nitrogens with zero attached hydrogens (tertiary/aromatic N) is 1. The minimum absolute atomic E-state index is 0.00968. The van der Waals surface area contributed by atoms with Crippen molar-refractivity contribution in [3.8, 4) is 0 Å². The van der Waals surface area contributed by atoms with Crippen LogP contribution in [0.1, 0.15) is 38.9 Å². The molecule has 1 saturated carbocycles. The molecule has 1 aromatic rings. The van der Waals surface area contributed by atoms with Gasteiger partial charge in [-0.2, -0.15) is 0 Å². The van der Waals surface area contributed by atoms with Crippen LogP contribution in [-0.2, 0) is 9.59 Å². The summed E-state index contributed by atoms with van der Waals surface area (Å²) in [6.07, 6.45) is 2.42. The van der Waals surface area contributed by atoms with Crippen molar-refractivity contribution in [1.82, 2.24) is 10.2 Å². The Kier molecular flexibility index (Phi) is 3.88. The molecule has 0 aromatic carbocycles. The van der Waals surface area contributed by atoms with Gasteiger partial charge in [0.1, 0.15) is 5.76 Å².